The van der Waals surface area contributed by atoms with Crippen LogP contribution in [0.5, 0.6) is 0 Å². The lowest BCUT2D eigenvalue weighted by molar-refractivity contribution is 0.331. The number of nitrogens with two attached hydrogens (primary N) is 1. The average Bonchev–Trinajstić information content (AvgIpc) is 3.02. The van der Waals surface area contributed by atoms with E-state index in [9.17, 15) is 0 Å². The van der Waals surface area contributed by atoms with Crippen molar-refractivity contribution >= 4 is 0 Å². The van der Waals surface area contributed by atoms with Gasteiger partial charge in [-0.2, -0.15) is 0 Å². The first-order valence-corrected chi connectivity index (χ1v) is 7.41. The molecule has 1 aromatic rings. The van der Waals surface area contributed by atoms with Crippen LogP contribution in [-0.2, 0) is 13.0 Å². The van der Waals surface area contributed by atoms with E-state index >= 15 is 0 Å². The summed E-state index contributed by atoms with van der Waals surface area (Å²) in [4.78, 5) is 0. The van der Waals surface area contributed by atoms with Gasteiger partial charge in [-0.15, -0.1) is 10.2 Å². The third kappa shape index (κ3) is 1.41. The molecule has 4 nitrogen and oxygen atoms in total. The van der Waals surface area contributed by atoms with Crippen molar-refractivity contribution in [1.82, 2.24) is 14.8 Å². The SMILES string of the molecule is CC1CCn2c(nnc2C2C3CCC(C3)C2N)C1. The second-order valence-electron chi connectivity index (χ2n) is 6.66. The largest absolute Gasteiger partial charge is 0.327 e. The van der Waals surface area contributed by atoms with Crippen LogP contribution in [0.15, 0.2) is 0 Å². The van der Waals surface area contributed by atoms with Crippen molar-refractivity contribution in [2.75, 3.05) is 0 Å². The molecular weight excluding hydrogens is 224 g/mol. The molecule has 0 saturated heterocycles. The first-order valence-electron chi connectivity index (χ1n) is 7.41. The summed E-state index contributed by atoms with van der Waals surface area (Å²) in [7, 11) is 0. The topological polar surface area (TPSA) is 56.7 Å². The van der Waals surface area contributed by atoms with Crippen molar-refractivity contribution in [1.29, 1.82) is 0 Å². The fourth-order valence-electron chi connectivity index (χ4n) is 4.47. The van der Waals surface area contributed by atoms with Gasteiger partial charge >= 0.3 is 0 Å². The molecule has 2 N–H and O–H groups in total. The summed E-state index contributed by atoms with van der Waals surface area (Å²) in [6.45, 7) is 3.40. The van der Waals surface area contributed by atoms with Crippen LogP contribution in [0.4, 0.5) is 0 Å². The van der Waals surface area contributed by atoms with E-state index in [-0.39, 0.29) is 0 Å². The van der Waals surface area contributed by atoms with E-state index < -0.39 is 0 Å². The molecule has 4 heteroatoms. The van der Waals surface area contributed by atoms with Crippen molar-refractivity contribution in [3.63, 3.8) is 0 Å². The summed E-state index contributed by atoms with van der Waals surface area (Å²) >= 11 is 0. The molecule has 0 aromatic carbocycles. The Bertz CT molecular complexity index is 464. The zero-order valence-electron chi connectivity index (χ0n) is 11.0. The highest BCUT2D eigenvalue weighted by molar-refractivity contribution is 5.16. The monoisotopic (exact) mass is 246 g/mol. The fraction of sp³-hybridized carbons (Fsp3) is 0.857. The number of hydrogen-bond acceptors (Lipinski definition) is 3. The molecule has 2 bridgehead atoms. The molecular formula is C14H22N4. The van der Waals surface area contributed by atoms with Crippen LogP contribution in [0.25, 0.3) is 0 Å². The first kappa shape index (κ1) is 11.0. The molecule has 1 aliphatic heterocycles. The van der Waals surface area contributed by atoms with Crippen LogP contribution in [-0.4, -0.2) is 20.8 Å². The number of fused-ring (bicyclic) bond motifs is 3. The highest BCUT2D eigenvalue weighted by atomic mass is 15.3. The predicted molar refractivity (Wildman–Crippen MR) is 69.1 cm³/mol. The zero-order valence-corrected chi connectivity index (χ0v) is 11.0. The predicted octanol–water partition coefficient (Wildman–Crippen LogP) is 1.70. The summed E-state index contributed by atoms with van der Waals surface area (Å²) in [5, 5.41) is 8.94. The second kappa shape index (κ2) is 3.80. The number of aromatic nitrogens is 3. The Labute approximate surface area is 108 Å². The molecule has 5 atom stereocenters. The van der Waals surface area contributed by atoms with Gasteiger partial charge in [0.1, 0.15) is 11.6 Å². The smallest absolute Gasteiger partial charge is 0.137 e. The van der Waals surface area contributed by atoms with E-state index in [0.29, 0.717) is 12.0 Å². The molecule has 2 saturated carbocycles. The summed E-state index contributed by atoms with van der Waals surface area (Å²) in [5.74, 6) is 5.16. The number of hydrogen-bond donors (Lipinski definition) is 1. The second-order valence-corrected chi connectivity index (χ2v) is 6.66. The molecule has 0 radical (unpaired) electrons. The molecule has 3 aliphatic rings. The Kier molecular flexibility index (Phi) is 2.31. The summed E-state index contributed by atoms with van der Waals surface area (Å²) in [6.07, 6.45) is 6.35. The minimum Gasteiger partial charge on any atom is -0.327 e. The number of nitrogens with zero attached hydrogens (tertiary/aromatic N) is 3. The van der Waals surface area contributed by atoms with Gasteiger partial charge in [-0.3, -0.25) is 0 Å². The van der Waals surface area contributed by atoms with Crippen molar-refractivity contribution < 1.29 is 0 Å². The maximum absolute atomic E-state index is 6.43. The Morgan fingerprint density at radius 3 is 2.78 bits per heavy atom. The van der Waals surface area contributed by atoms with Gasteiger partial charge in [0.2, 0.25) is 0 Å². The Balaban J connectivity index is 1.70. The van der Waals surface area contributed by atoms with Crippen molar-refractivity contribution in [3.05, 3.63) is 11.6 Å². The molecule has 5 unspecified atom stereocenters. The summed E-state index contributed by atoms with van der Waals surface area (Å²) < 4.78 is 2.38. The molecule has 2 fully saturated rings. The molecule has 0 amide bonds. The average molecular weight is 246 g/mol. The summed E-state index contributed by atoms with van der Waals surface area (Å²) in [5.41, 5.74) is 6.43. The van der Waals surface area contributed by atoms with Crippen LogP contribution < -0.4 is 5.73 Å². The molecule has 2 aliphatic carbocycles. The zero-order chi connectivity index (χ0) is 12.3. The minimum atomic E-state index is 0.330. The molecule has 4 rings (SSSR count). The van der Waals surface area contributed by atoms with E-state index in [2.05, 4.69) is 21.7 Å². The third-order valence-electron chi connectivity index (χ3n) is 5.51. The van der Waals surface area contributed by atoms with Crippen LogP contribution in [0.3, 0.4) is 0 Å². The van der Waals surface area contributed by atoms with Crippen LogP contribution >= 0.6 is 0 Å². The van der Waals surface area contributed by atoms with Crippen LogP contribution in [0.2, 0.25) is 0 Å². The first-order chi connectivity index (χ1) is 8.74. The van der Waals surface area contributed by atoms with E-state index in [1.165, 1.54) is 37.3 Å². The number of rotatable bonds is 1. The lowest BCUT2D eigenvalue weighted by Crippen LogP contribution is -2.36. The lowest BCUT2D eigenvalue weighted by Gasteiger charge is -2.29. The quantitative estimate of drug-likeness (QED) is 0.820. The Morgan fingerprint density at radius 1 is 1.17 bits per heavy atom. The van der Waals surface area contributed by atoms with Gasteiger partial charge in [-0.05, 0) is 43.4 Å². The van der Waals surface area contributed by atoms with E-state index in [1.807, 2.05) is 0 Å². The molecule has 2 heterocycles. The van der Waals surface area contributed by atoms with Gasteiger partial charge in [-0.25, -0.2) is 0 Å². The van der Waals surface area contributed by atoms with Gasteiger partial charge in [0.25, 0.3) is 0 Å². The maximum atomic E-state index is 6.43. The van der Waals surface area contributed by atoms with Crippen molar-refractivity contribution in [3.8, 4) is 0 Å². The molecule has 98 valence electrons. The highest BCUT2D eigenvalue weighted by Crippen LogP contribution is 2.51. The van der Waals surface area contributed by atoms with Gasteiger partial charge in [0.05, 0.1) is 0 Å². The van der Waals surface area contributed by atoms with Crippen molar-refractivity contribution in [2.24, 2.45) is 23.5 Å². The van der Waals surface area contributed by atoms with E-state index in [4.69, 9.17) is 5.73 Å². The van der Waals surface area contributed by atoms with Crippen LogP contribution in [0, 0.1) is 17.8 Å². The normalized spacial score (nSPS) is 42.2. The van der Waals surface area contributed by atoms with Gasteiger partial charge < -0.3 is 10.3 Å². The highest BCUT2D eigenvalue weighted by Gasteiger charge is 2.48. The molecule has 0 spiro atoms. The molecule has 1 aromatic heterocycles. The van der Waals surface area contributed by atoms with E-state index in [0.717, 1.165) is 30.7 Å². The third-order valence-corrected chi connectivity index (χ3v) is 5.51. The standard InChI is InChI=1S/C14H22N4/c1-8-4-5-18-11(6-8)16-17-14(18)12-9-2-3-10(7-9)13(12)15/h8-10,12-13H,2-7,15H2,1H3. The maximum Gasteiger partial charge on any atom is 0.137 e. The van der Waals surface area contributed by atoms with E-state index in [1.54, 1.807) is 0 Å². The van der Waals surface area contributed by atoms with Gasteiger partial charge in [0, 0.05) is 24.9 Å². The summed E-state index contributed by atoms with van der Waals surface area (Å²) in [6, 6.07) is 0.330. The fourth-order valence-corrected chi connectivity index (χ4v) is 4.47. The van der Waals surface area contributed by atoms with Gasteiger partial charge in [0.15, 0.2) is 0 Å². The van der Waals surface area contributed by atoms with Gasteiger partial charge in [-0.1, -0.05) is 6.92 Å². The van der Waals surface area contributed by atoms with Crippen molar-refractivity contribution in [2.45, 2.75) is 57.5 Å². The Hall–Kier alpha value is -0.900. The minimum absolute atomic E-state index is 0.330. The lowest BCUT2D eigenvalue weighted by atomic mass is 9.84. The molecule has 18 heavy (non-hydrogen) atoms. The van der Waals surface area contributed by atoms with Crippen LogP contribution in [0.1, 0.15) is 50.2 Å². The Morgan fingerprint density at radius 2 is 2.00 bits per heavy atom.